The zero-order chi connectivity index (χ0) is 20.4. The van der Waals surface area contributed by atoms with Gasteiger partial charge in [0.25, 0.3) is 7.41 Å². The first-order chi connectivity index (χ1) is 14.1. The summed E-state index contributed by atoms with van der Waals surface area (Å²) < 4.78 is 14.6. The van der Waals surface area contributed by atoms with Crippen LogP contribution in [0.2, 0.25) is 0 Å². The number of hydrogen-bond donors (Lipinski definition) is 2. The number of pyridine rings is 1. The Bertz CT molecular complexity index is 1040. The summed E-state index contributed by atoms with van der Waals surface area (Å²) in [6.45, 7) is 3.47. The number of nitrogens with one attached hydrogen (secondary N) is 1. The van der Waals surface area contributed by atoms with E-state index in [0.29, 0.717) is 17.9 Å². The molecule has 1 fully saturated rings. The normalized spacial score (nSPS) is 16.8. The Hall–Kier alpha value is -2.93. The highest BCUT2D eigenvalue weighted by atomic mass is 19.1. The lowest BCUT2D eigenvalue weighted by Crippen LogP contribution is -2.38. The summed E-state index contributed by atoms with van der Waals surface area (Å²) in [7, 11) is 1.61. The van der Waals surface area contributed by atoms with E-state index in [0.717, 1.165) is 53.2 Å². The van der Waals surface area contributed by atoms with Gasteiger partial charge >= 0.3 is 0 Å². The summed E-state index contributed by atoms with van der Waals surface area (Å²) in [6, 6.07) is 11.1. The van der Waals surface area contributed by atoms with Gasteiger partial charge in [-0.15, -0.1) is 0 Å². The highest BCUT2D eigenvalue weighted by Gasteiger charge is 2.24. The van der Waals surface area contributed by atoms with E-state index in [1.165, 1.54) is 6.07 Å². The van der Waals surface area contributed by atoms with Crippen LogP contribution in [-0.4, -0.2) is 42.5 Å². The minimum atomic E-state index is -0.249. The molecule has 1 saturated heterocycles. The average Bonchev–Trinajstić information content (AvgIpc) is 3.14. The first kappa shape index (κ1) is 19.4. The molecule has 1 aromatic heterocycles. The predicted molar refractivity (Wildman–Crippen MR) is 117 cm³/mol. The average molecular weight is 389 g/mol. The van der Waals surface area contributed by atoms with Crippen molar-refractivity contribution in [2.75, 3.05) is 24.1 Å². The van der Waals surface area contributed by atoms with Crippen molar-refractivity contribution in [3.63, 3.8) is 0 Å². The molecule has 0 aliphatic carbocycles. The number of aryl methyl sites for hydroxylation is 1. The van der Waals surface area contributed by atoms with Crippen LogP contribution in [0.5, 0.6) is 0 Å². The fourth-order valence-corrected chi connectivity index (χ4v) is 4.14. The summed E-state index contributed by atoms with van der Waals surface area (Å²) in [6.07, 6.45) is 4.63. The number of rotatable bonds is 6. The molecule has 29 heavy (non-hydrogen) atoms. The van der Waals surface area contributed by atoms with Crippen molar-refractivity contribution in [3.8, 4) is 11.1 Å². The molecular weight excluding hydrogens is 366 g/mol. The van der Waals surface area contributed by atoms with Crippen molar-refractivity contribution >= 4 is 35.9 Å². The lowest BCUT2D eigenvalue weighted by molar-refractivity contribution is 0.429. The van der Waals surface area contributed by atoms with Crippen LogP contribution in [0.3, 0.4) is 0 Å². The molecule has 7 heteroatoms. The Morgan fingerprint density at radius 1 is 1.38 bits per heavy atom. The van der Waals surface area contributed by atoms with Crippen molar-refractivity contribution < 1.29 is 9.18 Å². The Morgan fingerprint density at radius 2 is 2.24 bits per heavy atom. The molecule has 0 unspecified atom stereocenters. The maximum Gasteiger partial charge on any atom is 0.293 e. The van der Waals surface area contributed by atoms with Crippen molar-refractivity contribution in [1.29, 1.82) is 0 Å². The fourth-order valence-electron chi connectivity index (χ4n) is 4.14. The number of nitrogen functional groups attached to an aromatic ring is 1. The Kier molecular flexibility index (Phi) is 5.49. The van der Waals surface area contributed by atoms with Gasteiger partial charge in [-0.1, -0.05) is 12.1 Å². The molecule has 0 bridgehead atoms. The molecule has 1 aliphatic rings. The molecule has 0 spiro atoms. The lowest BCUT2D eigenvalue weighted by Gasteiger charge is -2.23. The van der Waals surface area contributed by atoms with E-state index in [1.807, 2.05) is 31.2 Å². The molecule has 2 aromatic carbocycles. The van der Waals surface area contributed by atoms with Gasteiger partial charge in [-0.05, 0) is 61.7 Å². The monoisotopic (exact) mass is 389 g/mol. The number of benzene rings is 2. The van der Waals surface area contributed by atoms with Crippen LogP contribution in [0.25, 0.3) is 21.9 Å². The second kappa shape index (κ2) is 8.21. The predicted octanol–water partition coefficient (Wildman–Crippen LogP) is 3.62. The van der Waals surface area contributed by atoms with E-state index in [1.54, 1.807) is 19.7 Å². The van der Waals surface area contributed by atoms with Gasteiger partial charge < -0.3 is 20.7 Å². The van der Waals surface area contributed by atoms with E-state index < -0.39 is 0 Å². The lowest BCUT2D eigenvalue weighted by atomic mass is 9.93. The summed E-state index contributed by atoms with van der Waals surface area (Å²) in [5, 5.41) is 5.35. The number of hydrogen-bond acceptors (Lipinski definition) is 5. The third-order valence-corrected chi connectivity index (χ3v) is 5.57. The van der Waals surface area contributed by atoms with Crippen LogP contribution in [0.4, 0.5) is 15.9 Å². The number of nitrogens with two attached hydrogens (primary N) is 1. The van der Waals surface area contributed by atoms with Gasteiger partial charge in [0.1, 0.15) is 11.6 Å². The second-order valence-corrected chi connectivity index (χ2v) is 7.49. The minimum Gasteiger partial charge on any atom is -0.384 e. The summed E-state index contributed by atoms with van der Waals surface area (Å²) in [5.41, 5.74) is 9.06. The Morgan fingerprint density at radius 3 is 3.03 bits per heavy atom. The molecular formula is C22H23BFN4O. The third-order valence-electron chi connectivity index (χ3n) is 5.57. The van der Waals surface area contributed by atoms with Crippen LogP contribution in [0, 0.1) is 12.7 Å². The standard InChI is InChI=1S/C22H23BFN4O/c1-14-4-2-6-19(24)22(14)15-8-16-11-27-21(25)10-18(16)20(9-15)26-12-17-5-3-7-28(17)23-13-29/h2,4,6,8-11,13,17,26H,3,5,7,12H2,1H3,(H2,25,27)/t17-/m0/s1. The maximum atomic E-state index is 14.6. The molecule has 0 amide bonds. The molecule has 1 radical (unpaired) electrons. The van der Waals surface area contributed by atoms with E-state index in [4.69, 9.17) is 5.73 Å². The molecule has 3 aromatic rings. The van der Waals surface area contributed by atoms with Crippen LogP contribution in [-0.2, 0) is 4.79 Å². The third kappa shape index (κ3) is 3.96. The van der Waals surface area contributed by atoms with Crippen LogP contribution in [0.1, 0.15) is 18.4 Å². The molecule has 1 atom stereocenters. The highest BCUT2D eigenvalue weighted by Crippen LogP contribution is 2.34. The van der Waals surface area contributed by atoms with Crippen LogP contribution in [0.15, 0.2) is 42.6 Å². The molecule has 5 nitrogen and oxygen atoms in total. The van der Waals surface area contributed by atoms with E-state index in [-0.39, 0.29) is 11.9 Å². The van der Waals surface area contributed by atoms with Crippen molar-refractivity contribution in [1.82, 2.24) is 9.79 Å². The van der Waals surface area contributed by atoms with Crippen molar-refractivity contribution in [2.24, 2.45) is 0 Å². The van der Waals surface area contributed by atoms with Crippen LogP contribution < -0.4 is 11.1 Å². The highest BCUT2D eigenvalue weighted by molar-refractivity contribution is 6.64. The zero-order valence-corrected chi connectivity index (χ0v) is 16.4. The minimum absolute atomic E-state index is 0.244. The van der Waals surface area contributed by atoms with E-state index >= 15 is 0 Å². The van der Waals surface area contributed by atoms with E-state index in [2.05, 4.69) is 15.1 Å². The summed E-state index contributed by atoms with van der Waals surface area (Å²) in [5.74, 6) is 0.188. The first-order valence-electron chi connectivity index (χ1n) is 9.80. The Labute approximate surface area is 170 Å². The van der Waals surface area contributed by atoms with Crippen LogP contribution >= 0.6 is 0 Å². The Balaban J connectivity index is 1.73. The molecule has 3 N–H and O–H groups in total. The smallest absolute Gasteiger partial charge is 0.293 e. The van der Waals surface area contributed by atoms with Crippen molar-refractivity contribution in [2.45, 2.75) is 25.8 Å². The molecule has 0 saturated carbocycles. The topological polar surface area (TPSA) is 71.2 Å². The molecule has 4 rings (SSSR count). The zero-order valence-electron chi connectivity index (χ0n) is 16.4. The van der Waals surface area contributed by atoms with Gasteiger partial charge in [0.15, 0.2) is 0 Å². The fraction of sp³-hybridized carbons (Fsp3) is 0.273. The number of anilines is 2. The number of fused-ring (bicyclic) bond motifs is 1. The molecule has 147 valence electrons. The largest absolute Gasteiger partial charge is 0.384 e. The van der Waals surface area contributed by atoms with Gasteiger partial charge in [-0.25, -0.2) is 9.37 Å². The summed E-state index contributed by atoms with van der Waals surface area (Å²) >= 11 is 0. The van der Waals surface area contributed by atoms with E-state index in [9.17, 15) is 9.18 Å². The van der Waals surface area contributed by atoms with Gasteiger partial charge in [-0.3, -0.25) is 0 Å². The number of aromatic nitrogens is 1. The van der Waals surface area contributed by atoms with Gasteiger partial charge in [-0.2, -0.15) is 0 Å². The molecule has 2 heterocycles. The number of carbonyl (C=O) groups excluding carboxylic acids is 1. The number of halogens is 1. The SMILES string of the molecule is Cc1cccc(F)c1-c1cc(NC[C@@H]2CCCN2[B]C=O)c2cc(N)ncc2c1. The number of carbonyl (C=O) groups is 1. The first-order valence-corrected chi connectivity index (χ1v) is 9.80. The number of nitrogens with zero attached hydrogens (tertiary/aromatic N) is 2. The molecule has 1 aliphatic heterocycles. The quantitative estimate of drug-likeness (QED) is 0.498. The van der Waals surface area contributed by atoms with Gasteiger partial charge in [0, 0.05) is 40.8 Å². The van der Waals surface area contributed by atoms with Crippen molar-refractivity contribution in [3.05, 3.63) is 54.0 Å². The van der Waals surface area contributed by atoms with Gasteiger partial charge in [0.2, 0.25) is 0 Å². The van der Waals surface area contributed by atoms with Gasteiger partial charge in [0.05, 0.1) is 6.19 Å². The second-order valence-electron chi connectivity index (χ2n) is 7.49. The maximum absolute atomic E-state index is 14.6. The summed E-state index contributed by atoms with van der Waals surface area (Å²) in [4.78, 5) is 17.2.